The van der Waals surface area contributed by atoms with E-state index >= 15 is 0 Å². The Balaban J connectivity index is 2.09. The number of hydrazine groups is 1. The van der Waals surface area contributed by atoms with E-state index in [0.717, 1.165) is 43.7 Å². The molecule has 1 aliphatic heterocycles. The normalized spacial score (nSPS) is 16.2. The summed E-state index contributed by atoms with van der Waals surface area (Å²) >= 11 is 0. The fraction of sp³-hybridized carbons (Fsp3) is 0.615. The van der Waals surface area contributed by atoms with E-state index in [1.54, 1.807) is 0 Å². The maximum atomic E-state index is 11.0. The molecule has 0 atom stereocenters. The number of carbonyl (C=O) groups is 1. The van der Waals surface area contributed by atoms with Gasteiger partial charge in [-0.3, -0.25) is 4.79 Å². The molecule has 0 saturated carbocycles. The van der Waals surface area contributed by atoms with Gasteiger partial charge in [0.05, 0.1) is 0 Å². The average molecular weight is 278 g/mol. The van der Waals surface area contributed by atoms with E-state index in [2.05, 4.69) is 27.2 Å². The fourth-order valence-electron chi connectivity index (χ4n) is 2.76. The zero-order valence-electron chi connectivity index (χ0n) is 11.8. The molecule has 1 aromatic heterocycles. The van der Waals surface area contributed by atoms with E-state index in [0.29, 0.717) is 18.2 Å². The van der Waals surface area contributed by atoms with E-state index in [1.165, 1.54) is 6.33 Å². The number of nitrogens with one attached hydrogen (secondary N) is 1. The van der Waals surface area contributed by atoms with Crippen molar-refractivity contribution in [1.82, 2.24) is 9.97 Å². The average Bonchev–Trinajstić information content (AvgIpc) is 2.46. The lowest BCUT2D eigenvalue weighted by Gasteiger charge is -2.33. The van der Waals surface area contributed by atoms with E-state index in [9.17, 15) is 4.79 Å². The molecular weight excluding hydrogens is 256 g/mol. The Labute approximate surface area is 118 Å². The van der Waals surface area contributed by atoms with Crippen LogP contribution in [-0.4, -0.2) is 29.0 Å². The molecule has 7 heteroatoms. The first-order chi connectivity index (χ1) is 9.65. The van der Waals surface area contributed by atoms with Gasteiger partial charge in [-0.25, -0.2) is 15.8 Å². The summed E-state index contributed by atoms with van der Waals surface area (Å²) in [5, 5.41) is 0. The second-order valence-electron chi connectivity index (χ2n) is 5.12. The minimum Gasteiger partial charge on any atom is -0.370 e. The maximum Gasteiger partial charge on any atom is 0.217 e. The molecule has 1 aromatic rings. The molecule has 1 fully saturated rings. The van der Waals surface area contributed by atoms with Crippen molar-refractivity contribution in [2.45, 2.75) is 32.6 Å². The summed E-state index contributed by atoms with van der Waals surface area (Å²) in [6.07, 6.45) is 4.74. The summed E-state index contributed by atoms with van der Waals surface area (Å²) in [5.41, 5.74) is 8.91. The predicted molar refractivity (Wildman–Crippen MR) is 78.0 cm³/mol. The summed E-state index contributed by atoms with van der Waals surface area (Å²) in [6, 6.07) is 0. The molecule has 7 nitrogen and oxygen atoms in total. The summed E-state index contributed by atoms with van der Waals surface area (Å²) in [6.45, 7) is 3.82. The summed E-state index contributed by atoms with van der Waals surface area (Å²) in [4.78, 5) is 21.7. The number of nitrogen functional groups attached to an aromatic ring is 1. The van der Waals surface area contributed by atoms with Crippen molar-refractivity contribution >= 4 is 17.5 Å². The van der Waals surface area contributed by atoms with Crippen molar-refractivity contribution in [2.24, 2.45) is 17.5 Å². The molecule has 2 heterocycles. The number of piperidine rings is 1. The summed E-state index contributed by atoms with van der Waals surface area (Å²) in [7, 11) is 0. The smallest absolute Gasteiger partial charge is 0.217 e. The third kappa shape index (κ3) is 3.16. The Morgan fingerprint density at radius 1 is 1.45 bits per heavy atom. The lowest BCUT2D eigenvalue weighted by atomic mass is 9.93. The van der Waals surface area contributed by atoms with Crippen LogP contribution in [0, 0.1) is 5.92 Å². The van der Waals surface area contributed by atoms with E-state index in [4.69, 9.17) is 11.6 Å². The first-order valence-corrected chi connectivity index (χ1v) is 6.99. The molecule has 1 saturated heterocycles. The quantitative estimate of drug-likeness (QED) is 0.531. The highest BCUT2D eigenvalue weighted by molar-refractivity contribution is 5.74. The van der Waals surface area contributed by atoms with Crippen LogP contribution in [0.1, 0.15) is 31.7 Å². The first kappa shape index (κ1) is 14.5. The minimum absolute atomic E-state index is 0.214. The highest BCUT2D eigenvalue weighted by atomic mass is 16.1. The maximum absolute atomic E-state index is 11.0. The van der Waals surface area contributed by atoms with Crippen LogP contribution in [0.25, 0.3) is 0 Å². The molecule has 0 spiro atoms. The molecule has 0 radical (unpaired) electrons. The van der Waals surface area contributed by atoms with Gasteiger partial charge >= 0.3 is 0 Å². The number of nitrogens with zero attached hydrogens (tertiary/aromatic N) is 3. The van der Waals surface area contributed by atoms with Gasteiger partial charge in [0.1, 0.15) is 18.0 Å². The Kier molecular flexibility index (Phi) is 4.73. The third-order valence-electron chi connectivity index (χ3n) is 3.82. The molecule has 110 valence electrons. The predicted octanol–water partition coefficient (Wildman–Crippen LogP) is 0.416. The Hall–Kier alpha value is -1.89. The van der Waals surface area contributed by atoms with Gasteiger partial charge in [0.25, 0.3) is 0 Å². The van der Waals surface area contributed by atoms with Gasteiger partial charge in [0.2, 0.25) is 5.91 Å². The molecule has 1 amide bonds. The molecule has 0 bridgehead atoms. The van der Waals surface area contributed by atoms with Crippen molar-refractivity contribution < 1.29 is 4.79 Å². The van der Waals surface area contributed by atoms with E-state index in [-0.39, 0.29) is 5.91 Å². The van der Waals surface area contributed by atoms with Gasteiger partial charge in [0.15, 0.2) is 0 Å². The van der Waals surface area contributed by atoms with Crippen molar-refractivity contribution in [1.29, 1.82) is 0 Å². The highest BCUT2D eigenvalue weighted by Gasteiger charge is 2.23. The second-order valence-corrected chi connectivity index (χ2v) is 5.12. The summed E-state index contributed by atoms with van der Waals surface area (Å²) < 4.78 is 0. The van der Waals surface area contributed by atoms with Crippen molar-refractivity contribution in [3.8, 4) is 0 Å². The fourth-order valence-corrected chi connectivity index (χ4v) is 2.76. The van der Waals surface area contributed by atoms with Crippen molar-refractivity contribution in [3.05, 3.63) is 11.9 Å². The number of hydrogen-bond acceptors (Lipinski definition) is 6. The zero-order valence-corrected chi connectivity index (χ0v) is 11.8. The van der Waals surface area contributed by atoms with Gasteiger partial charge in [-0.2, -0.15) is 0 Å². The number of anilines is 2. The van der Waals surface area contributed by atoms with E-state index in [1.807, 2.05) is 0 Å². The third-order valence-corrected chi connectivity index (χ3v) is 3.82. The van der Waals surface area contributed by atoms with Gasteiger partial charge in [-0.05, 0) is 25.2 Å². The Morgan fingerprint density at radius 3 is 2.70 bits per heavy atom. The Morgan fingerprint density at radius 2 is 2.15 bits per heavy atom. The van der Waals surface area contributed by atoms with Gasteiger partial charge in [0, 0.05) is 25.1 Å². The number of hydrogen-bond donors (Lipinski definition) is 3. The molecule has 1 aliphatic rings. The largest absolute Gasteiger partial charge is 0.370 e. The van der Waals surface area contributed by atoms with Crippen LogP contribution < -0.4 is 21.9 Å². The summed E-state index contributed by atoms with van der Waals surface area (Å²) in [5.74, 6) is 7.28. The van der Waals surface area contributed by atoms with Gasteiger partial charge in [-0.1, -0.05) is 6.92 Å². The van der Waals surface area contributed by atoms with Crippen LogP contribution in [-0.2, 0) is 11.2 Å². The monoisotopic (exact) mass is 278 g/mol. The lowest BCUT2D eigenvalue weighted by Crippen LogP contribution is -2.36. The van der Waals surface area contributed by atoms with Crippen LogP contribution >= 0.6 is 0 Å². The van der Waals surface area contributed by atoms with Gasteiger partial charge < -0.3 is 16.1 Å². The second kappa shape index (κ2) is 6.51. The van der Waals surface area contributed by atoms with Crippen LogP contribution in [0.4, 0.5) is 11.6 Å². The molecular formula is C13H22N6O. The Bertz CT molecular complexity index is 470. The standard InChI is InChI=1S/C13H22N6O/c1-2-10-12(18-15)16-8-17-13(10)19-5-3-9(4-6-19)7-11(14)20/h8-9H,2-7,15H2,1H3,(H2,14,20)(H,16,17,18). The topological polar surface area (TPSA) is 110 Å². The number of aromatic nitrogens is 2. The lowest BCUT2D eigenvalue weighted by molar-refractivity contribution is -0.119. The SMILES string of the molecule is CCc1c(NN)ncnc1N1CCC(CC(N)=O)CC1. The number of rotatable bonds is 5. The number of nitrogens with two attached hydrogens (primary N) is 2. The molecule has 0 aliphatic carbocycles. The number of primary amides is 1. The molecule has 5 N–H and O–H groups in total. The minimum atomic E-state index is -0.214. The van der Waals surface area contributed by atoms with Crippen LogP contribution in [0.5, 0.6) is 0 Å². The van der Waals surface area contributed by atoms with Crippen LogP contribution in [0.3, 0.4) is 0 Å². The van der Waals surface area contributed by atoms with Crippen molar-refractivity contribution in [3.63, 3.8) is 0 Å². The molecule has 20 heavy (non-hydrogen) atoms. The van der Waals surface area contributed by atoms with Crippen molar-refractivity contribution in [2.75, 3.05) is 23.4 Å². The zero-order chi connectivity index (χ0) is 14.5. The number of carbonyl (C=O) groups excluding carboxylic acids is 1. The first-order valence-electron chi connectivity index (χ1n) is 6.99. The van der Waals surface area contributed by atoms with Crippen LogP contribution in [0.2, 0.25) is 0 Å². The molecule has 2 rings (SSSR count). The number of amides is 1. The van der Waals surface area contributed by atoms with Gasteiger partial charge in [-0.15, -0.1) is 0 Å². The molecule has 0 unspecified atom stereocenters. The van der Waals surface area contributed by atoms with E-state index < -0.39 is 0 Å². The van der Waals surface area contributed by atoms with Crippen LogP contribution in [0.15, 0.2) is 6.33 Å². The molecule has 0 aromatic carbocycles. The highest BCUT2D eigenvalue weighted by Crippen LogP contribution is 2.28.